The molecule has 0 N–H and O–H groups in total. The largest absolute Gasteiger partial charge is 0.493 e. The van der Waals surface area contributed by atoms with Crippen LogP contribution in [0.2, 0.25) is 5.02 Å². The number of benzene rings is 2. The van der Waals surface area contributed by atoms with Gasteiger partial charge in [0.15, 0.2) is 18.1 Å². The van der Waals surface area contributed by atoms with Crippen LogP contribution in [0.25, 0.3) is 0 Å². The topological polar surface area (TPSA) is 88.9 Å². The first-order valence-electron chi connectivity index (χ1n) is 9.31. The second-order valence-corrected chi connectivity index (χ2v) is 6.93. The van der Waals surface area contributed by atoms with Gasteiger partial charge in [0, 0.05) is 12.2 Å². The van der Waals surface area contributed by atoms with Gasteiger partial charge in [0.2, 0.25) is 0 Å². The molecule has 0 saturated carbocycles. The number of nitriles is 1. The van der Waals surface area contributed by atoms with E-state index in [1.54, 1.807) is 24.3 Å². The van der Waals surface area contributed by atoms with Gasteiger partial charge < -0.3 is 19.1 Å². The highest BCUT2D eigenvalue weighted by Gasteiger charge is 2.21. The Balaban J connectivity index is 2.12. The Kier molecular flexibility index (Phi) is 8.51. The van der Waals surface area contributed by atoms with Gasteiger partial charge in [0.25, 0.3) is 5.91 Å². The number of halogens is 1. The van der Waals surface area contributed by atoms with Crippen LogP contribution in [-0.4, -0.2) is 38.2 Å². The van der Waals surface area contributed by atoms with Crippen molar-refractivity contribution in [2.45, 2.75) is 26.4 Å². The lowest BCUT2D eigenvalue weighted by Gasteiger charge is -2.21. The highest BCUT2D eigenvalue weighted by molar-refractivity contribution is 6.32. The maximum absolute atomic E-state index is 12.6. The Labute approximate surface area is 180 Å². The summed E-state index contributed by atoms with van der Waals surface area (Å²) in [7, 11) is 1.43. The zero-order valence-electron chi connectivity index (χ0n) is 17.1. The molecule has 2 aromatic carbocycles. The molecular weight excluding hydrogens is 408 g/mol. The lowest BCUT2D eigenvalue weighted by atomic mass is 10.2. The summed E-state index contributed by atoms with van der Waals surface area (Å²) in [6, 6.07) is 13.7. The third-order valence-corrected chi connectivity index (χ3v) is 4.24. The number of methoxy groups -OCH3 is 1. The zero-order valence-corrected chi connectivity index (χ0v) is 17.8. The second-order valence-electron chi connectivity index (χ2n) is 6.52. The van der Waals surface area contributed by atoms with E-state index in [0.29, 0.717) is 11.4 Å². The molecule has 0 heterocycles. The Hall–Kier alpha value is -3.24. The first-order chi connectivity index (χ1) is 14.4. The third-order valence-electron chi connectivity index (χ3n) is 3.96. The van der Waals surface area contributed by atoms with Crippen molar-refractivity contribution in [3.8, 4) is 17.6 Å². The molecule has 7 nitrogen and oxygen atoms in total. The molecule has 0 radical (unpaired) electrons. The van der Waals surface area contributed by atoms with Crippen molar-refractivity contribution in [3.05, 3.63) is 53.1 Å². The van der Waals surface area contributed by atoms with Crippen molar-refractivity contribution in [3.63, 3.8) is 0 Å². The molecule has 0 spiro atoms. The van der Waals surface area contributed by atoms with Gasteiger partial charge in [-0.1, -0.05) is 29.8 Å². The third kappa shape index (κ3) is 6.13. The SMILES string of the molecule is COc1cc(C(=O)OCC(=O)N(CCC#N)c2ccccc2)cc(Cl)c1OC(C)C. The summed E-state index contributed by atoms with van der Waals surface area (Å²) >= 11 is 6.23. The zero-order chi connectivity index (χ0) is 22.1. The van der Waals surface area contributed by atoms with Crippen LogP contribution < -0.4 is 14.4 Å². The number of anilines is 1. The lowest BCUT2D eigenvalue weighted by molar-refractivity contribution is -0.121. The second kappa shape index (κ2) is 11.1. The Morgan fingerprint density at radius 3 is 2.50 bits per heavy atom. The fraction of sp³-hybridized carbons (Fsp3) is 0.318. The average Bonchev–Trinajstić information content (AvgIpc) is 2.74. The average molecular weight is 431 g/mol. The van der Waals surface area contributed by atoms with Gasteiger partial charge >= 0.3 is 5.97 Å². The number of hydrogen-bond donors (Lipinski definition) is 0. The molecule has 0 aliphatic carbocycles. The molecule has 0 aliphatic rings. The number of hydrogen-bond acceptors (Lipinski definition) is 6. The number of esters is 1. The van der Waals surface area contributed by atoms with Crippen molar-refractivity contribution in [2.24, 2.45) is 0 Å². The van der Waals surface area contributed by atoms with Crippen LogP contribution in [0.15, 0.2) is 42.5 Å². The molecule has 0 fully saturated rings. The van der Waals surface area contributed by atoms with Crippen LogP contribution in [0.3, 0.4) is 0 Å². The van der Waals surface area contributed by atoms with E-state index < -0.39 is 18.5 Å². The summed E-state index contributed by atoms with van der Waals surface area (Å²) in [5.74, 6) is -0.557. The quantitative estimate of drug-likeness (QED) is 0.553. The van der Waals surface area contributed by atoms with E-state index in [0.717, 1.165) is 0 Å². The smallest absolute Gasteiger partial charge is 0.338 e. The number of ether oxygens (including phenoxy) is 3. The van der Waals surface area contributed by atoms with Crippen molar-refractivity contribution < 1.29 is 23.8 Å². The molecule has 0 aromatic heterocycles. The molecule has 8 heteroatoms. The maximum Gasteiger partial charge on any atom is 0.338 e. The van der Waals surface area contributed by atoms with Crippen LogP contribution in [-0.2, 0) is 9.53 Å². The number of amides is 1. The fourth-order valence-corrected chi connectivity index (χ4v) is 2.90. The minimum absolute atomic E-state index is 0.129. The van der Waals surface area contributed by atoms with Crippen molar-refractivity contribution in [2.75, 3.05) is 25.2 Å². The summed E-state index contributed by atoms with van der Waals surface area (Å²) in [6.07, 6.45) is 0.0165. The van der Waals surface area contributed by atoms with E-state index >= 15 is 0 Å². The number of rotatable bonds is 9. The van der Waals surface area contributed by atoms with Crippen LogP contribution in [0.4, 0.5) is 5.69 Å². The first kappa shape index (κ1) is 23.0. The highest BCUT2D eigenvalue weighted by atomic mass is 35.5. The molecule has 2 aromatic rings. The van der Waals surface area contributed by atoms with Crippen molar-refractivity contribution in [1.29, 1.82) is 5.26 Å². The monoisotopic (exact) mass is 430 g/mol. The van der Waals surface area contributed by atoms with Crippen LogP contribution in [0.5, 0.6) is 11.5 Å². The molecule has 0 aliphatic heterocycles. The van der Waals surface area contributed by atoms with Crippen LogP contribution in [0, 0.1) is 11.3 Å². The minimum Gasteiger partial charge on any atom is -0.493 e. The molecule has 0 unspecified atom stereocenters. The van der Waals surface area contributed by atoms with Crippen molar-refractivity contribution >= 4 is 29.2 Å². The van der Waals surface area contributed by atoms with Gasteiger partial charge in [-0.05, 0) is 38.1 Å². The molecule has 2 rings (SSSR count). The highest BCUT2D eigenvalue weighted by Crippen LogP contribution is 2.37. The van der Waals surface area contributed by atoms with Gasteiger partial charge in [0.1, 0.15) is 0 Å². The van der Waals surface area contributed by atoms with E-state index in [2.05, 4.69) is 0 Å². The van der Waals surface area contributed by atoms with Crippen LogP contribution in [0.1, 0.15) is 30.6 Å². The minimum atomic E-state index is -0.729. The van der Waals surface area contributed by atoms with Gasteiger partial charge in [-0.2, -0.15) is 5.26 Å². The van der Waals surface area contributed by atoms with E-state index in [4.69, 9.17) is 31.1 Å². The van der Waals surface area contributed by atoms with Gasteiger partial charge in [0.05, 0.1) is 36.3 Å². The van der Waals surface area contributed by atoms with E-state index in [1.807, 2.05) is 26.0 Å². The predicted molar refractivity (Wildman–Crippen MR) is 113 cm³/mol. The Morgan fingerprint density at radius 1 is 1.20 bits per heavy atom. The van der Waals surface area contributed by atoms with Crippen LogP contribution >= 0.6 is 11.6 Å². The number of para-hydroxylation sites is 1. The first-order valence-corrected chi connectivity index (χ1v) is 9.68. The van der Waals surface area contributed by atoms with Gasteiger partial charge in [-0.3, -0.25) is 4.79 Å². The number of carbonyl (C=O) groups is 2. The molecule has 30 heavy (non-hydrogen) atoms. The summed E-state index contributed by atoms with van der Waals surface area (Å²) in [5.41, 5.74) is 0.748. The summed E-state index contributed by atoms with van der Waals surface area (Å²) in [4.78, 5) is 26.5. The molecule has 0 bridgehead atoms. The Bertz CT molecular complexity index is 925. The number of nitrogens with zero attached hydrogens (tertiary/aromatic N) is 2. The van der Waals surface area contributed by atoms with Crippen molar-refractivity contribution in [1.82, 2.24) is 0 Å². The fourth-order valence-electron chi connectivity index (χ4n) is 2.64. The van der Waals surface area contributed by atoms with E-state index in [-0.39, 0.29) is 35.4 Å². The number of carbonyl (C=O) groups excluding carboxylic acids is 2. The summed E-state index contributed by atoms with van der Waals surface area (Å²) in [5, 5.41) is 9.05. The molecule has 0 atom stereocenters. The summed E-state index contributed by atoms with van der Waals surface area (Å²) < 4.78 is 16.1. The molecule has 1 amide bonds. The normalized spacial score (nSPS) is 10.3. The predicted octanol–water partition coefficient (Wildman–Crippen LogP) is 4.24. The van der Waals surface area contributed by atoms with E-state index in [1.165, 1.54) is 24.1 Å². The van der Waals surface area contributed by atoms with Gasteiger partial charge in [-0.15, -0.1) is 0 Å². The van der Waals surface area contributed by atoms with E-state index in [9.17, 15) is 9.59 Å². The maximum atomic E-state index is 12.6. The standard InChI is InChI=1S/C22H23ClN2O5/c1-15(2)30-21-18(23)12-16(13-19(21)28-3)22(27)29-14-20(26)25(11-7-10-24)17-8-5-4-6-9-17/h4-6,8-9,12-13,15H,7,11,14H2,1-3H3. The molecule has 158 valence electrons. The summed E-state index contributed by atoms with van der Waals surface area (Å²) in [6.45, 7) is 3.39. The Morgan fingerprint density at radius 2 is 1.90 bits per heavy atom. The lowest BCUT2D eigenvalue weighted by Crippen LogP contribution is -2.35. The van der Waals surface area contributed by atoms with Gasteiger partial charge in [-0.25, -0.2) is 4.79 Å². The molecular formula is C22H23ClN2O5. The molecule has 0 saturated heterocycles.